The maximum atomic E-state index is 5.46. The van der Waals surface area contributed by atoms with E-state index in [2.05, 4.69) is 31.8 Å². The quantitative estimate of drug-likeness (QED) is 0.555. The van der Waals surface area contributed by atoms with E-state index < -0.39 is 0 Å². The minimum atomic E-state index is 0.624. The van der Waals surface area contributed by atoms with Crippen molar-refractivity contribution >= 4 is 11.3 Å². The van der Waals surface area contributed by atoms with Gasteiger partial charge in [-0.15, -0.1) is 17.9 Å². The summed E-state index contributed by atoms with van der Waals surface area (Å²) in [6, 6.07) is 2.24. The van der Waals surface area contributed by atoms with Gasteiger partial charge in [0.25, 0.3) is 0 Å². The molecule has 0 fully saturated rings. The Balaban J connectivity index is 2.42. The predicted octanol–water partition coefficient (Wildman–Crippen LogP) is 3.26. The highest BCUT2D eigenvalue weighted by Crippen LogP contribution is 2.22. The molecule has 1 aromatic rings. The Morgan fingerprint density at radius 1 is 1.56 bits per heavy atom. The number of ether oxygens (including phenoxy) is 1. The Kier molecular flexibility index (Phi) is 6.38. The Morgan fingerprint density at radius 3 is 3.06 bits per heavy atom. The second-order valence-electron chi connectivity index (χ2n) is 3.77. The van der Waals surface area contributed by atoms with Gasteiger partial charge in [0, 0.05) is 16.3 Å². The third-order valence-electron chi connectivity index (χ3n) is 2.29. The van der Waals surface area contributed by atoms with E-state index in [4.69, 9.17) is 4.74 Å². The van der Waals surface area contributed by atoms with Crippen molar-refractivity contribution in [2.45, 2.75) is 33.4 Å². The Bertz CT molecular complexity index is 320. The topological polar surface area (TPSA) is 21.3 Å². The number of nitrogens with one attached hydrogen (secondary N) is 1. The minimum absolute atomic E-state index is 0.624. The molecule has 0 spiro atoms. The fraction of sp³-hybridized carbons (Fsp3) is 0.538. The molecule has 16 heavy (non-hydrogen) atoms. The summed E-state index contributed by atoms with van der Waals surface area (Å²) in [7, 11) is 0. The maximum Gasteiger partial charge on any atom is 0.0731 e. The van der Waals surface area contributed by atoms with Gasteiger partial charge in [0.2, 0.25) is 0 Å². The summed E-state index contributed by atoms with van der Waals surface area (Å²) in [6.45, 7) is 11.3. The molecule has 0 saturated heterocycles. The number of hydrogen-bond donors (Lipinski definition) is 1. The van der Waals surface area contributed by atoms with Gasteiger partial charge in [-0.1, -0.05) is 13.0 Å². The molecule has 90 valence electrons. The van der Waals surface area contributed by atoms with Crippen LogP contribution in [-0.2, 0) is 17.9 Å². The first-order valence-electron chi connectivity index (χ1n) is 5.75. The Labute approximate surface area is 102 Å². The van der Waals surface area contributed by atoms with E-state index >= 15 is 0 Å². The average molecular weight is 239 g/mol. The van der Waals surface area contributed by atoms with Crippen LogP contribution < -0.4 is 5.32 Å². The third-order valence-corrected chi connectivity index (χ3v) is 3.38. The molecule has 0 aliphatic rings. The highest BCUT2D eigenvalue weighted by Gasteiger charge is 2.04. The largest absolute Gasteiger partial charge is 0.373 e. The molecule has 2 nitrogen and oxygen atoms in total. The van der Waals surface area contributed by atoms with E-state index in [-0.39, 0.29) is 0 Å². The molecule has 1 rings (SSSR count). The normalized spacial score (nSPS) is 10.6. The molecule has 0 unspecified atom stereocenters. The van der Waals surface area contributed by atoms with Crippen LogP contribution in [0.1, 0.15) is 28.7 Å². The Hall–Kier alpha value is -0.640. The van der Waals surface area contributed by atoms with Crippen LogP contribution in [0.4, 0.5) is 0 Å². The highest BCUT2D eigenvalue weighted by atomic mass is 32.1. The zero-order valence-corrected chi connectivity index (χ0v) is 11.0. The van der Waals surface area contributed by atoms with E-state index in [1.807, 2.05) is 11.3 Å². The van der Waals surface area contributed by atoms with Crippen LogP contribution in [0.2, 0.25) is 0 Å². The first-order chi connectivity index (χ1) is 7.77. The van der Waals surface area contributed by atoms with E-state index in [0.717, 1.165) is 13.1 Å². The lowest BCUT2D eigenvalue weighted by molar-refractivity contribution is 0.149. The van der Waals surface area contributed by atoms with Crippen molar-refractivity contribution in [2.24, 2.45) is 0 Å². The molecule has 0 bridgehead atoms. The van der Waals surface area contributed by atoms with Gasteiger partial charge in [-0.3, -0.25) is 0 Å². The van der Waals surface area contributed by atoms with Crippen LogP contribution in [0, 0.1) is 6.92 Å². The first kappa shape index (κ1) is 13.4. The highest BCUT2D eigenvalue weighted by molar-refractivity contribution is 7.12. The van der Waals surface area contributed by atoms with Crippen LogP contribution in [0.15, 0.2) is 18.7 Å². The molecule has 1 heterocycles. The summed E-state index contributed by atoms with van der Waals surface area (Å²) in [6.07, 6.45) is 2.96. The first-order valence-corrected chi connectivity index (χ1v) is 6.57. The van der Waals surface area contributed by atoms with Crippen molar-refractivity contribution in [2.75, 3.05) is 13.2 Å². The number of rotatable bonds is 8. The van der Waals surface area contributed by atoms with Gasteiger partial charge in [-0.2, -0.15) is 0 Å². The fourth-order valence-electron chi connectivity index (χ4n) is 1.46. The molecular weight excluding hydrogens is 218 g/mol. The second-order valence-corrected chi connectivity index (χ2v) is 5.12. The molecule has 1 N–H and O–H groups in total. The second kappa shape index (κ2) is 7.60. The molecule has 0 aliphatic carbocycles. The SMILES string of the molecule is C=CCOCc1cc(CNCCC)sc1C. The van der Waals surface area contributed by atoms with Gasteiger partial charge in [0.1, 0.15) is 0 Å². The minimum Gasteiger partial charge on any atom is -0.373 e. The summed E-state index contributed by atoms with van der Waals surface area (Å²) < 4.78 is 5.46. The standard InChI is InChI=1S/C13H21NOS/c1-4-6-14-9-13-8-12(11(3)16-13)10-15-7-5-2/h5,8,14H,2,4,6-7,9-10H2,1,3H3. The van der Waals surface area contributed by atoms with Crippen LogP contribution in [0.5, 0.6) is 0 Å². The number of thiophene rings is 1. The lowest BCUT2D eigenvalue weighted by Gasteiger charge is -1.99. The number of aryl methyl sites for hydroxylation is 1. The van der Waals surface area contributed by atoms with Crippen LogP contribution >= 0.6 is 11.3 Å². The molecule has 0 amide bonds. The van der Waals surface area contributed by atoms with Crippen molar-refractivity contribution < 1.29 is 4.74 Å². The van der Waals surface area contributed by atoms with E-state index in [0.29, 0.717) is 13.2 Å². The van der Waals surface area contributed by atoms with Crippen molar-refractivity contribution in [1.29, 1.82) is 0 Å². The summed E-state index contributed by atoms with van der Waals surface area (Å²) in [5.74, 6) is 0. The molecule has 3 heteroatoms. The molecule has 0 radical (unpaired) electrons. The van der Waals surface area contributed by atoms with Gasteiger partial charge < -0.3 is 10.1 Å². The lowest BCUT2D eigenvalue weighted by atomic mass is 10.2. The van der Waals surface area contributed by atoms with Gasteiger partial charge in [-0.25, -0.2) is 0 Å². The van der Waals surface area contributed by atoms with Crippen LogP contribution in [0.25, 0.3) is 0 Å². The van der Waals surface area contributed by atoms with Crippen molar-refractivity contribution in [3.63, 3.8) is 0 Å². The zero-order chi connectivity index (χ0) is 11.8. The van der Waals surface area contributed by atoms with Gasteiger partial charge in [0.05, 0.1) is 13.2 Å². The maximum absolute atomic E-state index is 5.46. The fourth-order valence-corrected chi connectivity index (χ4v) is 2.48. The van der Waals surface area contributed by atoms with Crippen molar-refractivity contribution in [3.8, 4) is 0 Å². The molecule has 0 aliphatic heterocycles. The Morgan fingerprint density at radius 2 is 2.38 bits per heavy atom. The molecule has 1 aromatic heterocycles. The van der Waals surface area contributed by atoms with E-state index in [9.17, 15) is 0 Å². The average Bonchev–Trinajstić information content (AvgIpc) is 2.61. The molecular formula is C13H21NOS. The summed E-state index contributed by atoms with van der Waals surface area (Å²) in [5.41, 5.74) is 1.31. The lowest BCUT2D eigenvalue weighted by Crippen LogP contribution is -2.12. The van der Waals surface area contributed by atoms with Crippen LogP contribution in [-0.4, -0.2) is 13.2 Å². The van der Waals surface area contributed by atoms with E-state index in [1.54, 1.807) is 6.08 Å². The molecule has 0 saturated carbocycles. The summed E-state index contributed by atoms with van der Waals surface area (Å²) in [5, 5.41) is 3.41. The van der Waals surface area contributed by atoms with Gasteiger partial charge in [0.15, 0.2) is 0 Å². The van der Waals surface area contributed by atoms with Gasteiger partial charge >= 0.3 is 0 Å². The zero-order valence-electron chi connectivity index (χ0n) is 10.2. The number of hydrogen-bond acceptors (Lipinski definition) is 3. The van der Waals surface area contributed by atoms with Gasteiger partial charge in [-0.05, 0) is 31.5 Å². The molecule has 0 aromatic carbocycles. The molecule has 0 atom stereocenters. The van der Waals surface area contributed by atoms with Crippen molar-refractivity contribution in [1.82, 2.24) is 5.32 Å². The monoisotopic (exact) mass is 239 g/mol. The third kappa shape index (κ3) is 4.47. The van der Waals surface area contributed by atoms with Crippen molar-refractivity contribution in [3.05, 3.63) is 34.0 Å². The predicted molar refractivity (Wildman–Crippen MR) is 70.9 cm³/mol. The summed E-state index contributed by atoms with van der Waals surface area (Å²) in [4.78, 5) is 2.75. The smallest absolute Gasteiger partial charge is 0.0731 e. The van der Waals surface area contributed by atoms with Crippen LogP contribution in [0.3, 0.4) is 0 Å². The summed E-state index contributed by atoms with van der Waals surface area (Å²) >= 11 is 1.85. The van der Waals surface area contributed by atoms with E-state index in [1.165, 1.54) is 21.7 Å².